The van der Waals surface area contributed by atoms with Gasteiger partial charge in [-0.05, 0) is 6.92 Å². The number of rotatable bonds is 7. The van der Waals surface area contributed by atoms with Crippen molar-refractivity contribution >= 4 is 15.9 Å². The summed E-state index contributed by atoms with van der Waals surface area (Å²) in [6, 6.07) is 0.301. The van der Waals surface area contributed by atoms with Crippen LogP contribution in [-0.2, 0) is 16.4 Å². The molecule has 1 unspecified atom stereocenters. The van der Waals surface area contributed by atoms with Gasteiger partial charge in [-0.3, -0.25) is 0 Å². The molecule has 0 aliphatic rings. The smallest absolute Gasteiger partial charge is 0.315 e. The Bertz CT molecular complexity index is 469. The van der Waals surface area contributed by atoms with Gasteiger partial charge in [0.05, 0.1) is 12.3 Å². The molecule has 1 heterocycles. The molecular formula is C10H20N4O3S. The molecule has 0 aliphatic heterocycles. The van der Waals surface area contributed by atoms with Gasteiger partial charge in [0.1, 0.15) is 9.84 Å². The first kappa shape index (κ1) is 14.9. The molecule has 1 atom stereocenters. The van der Waals surface area contributed by atoms with Crippen molar-refractivity contribution in [2.45, 2.75) is 39.4 Å². The number of hydrogen-bond acceptors (Lipinski definition) is 7. The van der Waals surface area contributed by atoms with Crippen molar-refractivity contribution < 1.29 is 12.8 Å². The summed E-state index contributed by atoms with van der Waals surface area (Å²) in [4.78, 5) is 0. The lowest BCUT2D eigenvalue weighted by Crippen LogP contribution is -2.25. The fraction of sp³-hybridized carbons (Fsp3) is 0.800. The van der Waals surface area contributed by atoms with E-state index in [-0.39, 0.29) is 17.8 Å². The molecule has 0 fully saturated rings. The molecule has 1 aromatic heterocycles. The minimum absolute atomic E-state index is 0.0228. The fourth-order valence-corrected chi connectivity index (χ4v) is 2.37. The quantitative estimate of drug-likeness (QED) is 0.744. The normalized spacial score (nSPS) is 13.8. The summed E-state index contributed by atoms with van der Waals surface area (Å²) in [5, 5.41) is 13.7. The molecule has 1 rings (SSSR count). The highest BCUT2D eigenvalue weighted by atomic mass is 32.2. The number of hydrogen-bond donors (Lipinski definition) is 2. The molecule has 1 aromatic rings. The third kappa shape index (κ3) is 5.97. The molecule has 0 amide bonds. The van der Waals surface area contributed by atoms with Crippen LogP contribution in [0.1, 0.15) is 26.7 Å². The minimum Gasteiger partial charge on any atom is -0.407 e. The fourth-order valence-electron chi connectivity index (χ4n) is 1.38. The molecule has 0 saturated heterocycles. The Kier molecular flexibility index (Phi) is 5.09. The largest absolute Gasteiger partial charge is 0.407 e. The zero-order valence-corrected chi connectivity index (χ0v) is 11.9. The van der Waals surface area contributed by atoms with E-state index >= 15 is 0 Å². The zero-order chi connectivity index (χ0) is 13.8. The number of anilines is 1. The molecule has 104 valence electrons. The molecule has 0 bridgehead atoms. The van der Waals surface area contributed by atoms with E-state index in [1.54, 1.807) is 6.92 Å². The Morgan fingerprint density at radius 1 is 1.28 bits per heavy atom. The zero-order valence-electron chi connectivity index (χ0n) is 11.1. The predicted molar refractivity (Wildman–Crippen MR) is 69.1 cm³/mol. The van der Waals surface area contributed by atoms with Crippen molar-refractivity contribution in [1.29, 1.82) is 0 Å². The first-order valence-electron chi connectivity index (χ1n) is 5.76. The average Bonchev–Trinajstić information content (AvgIpc) is 2.59. The number of aromatic nitrogens is 2. The summed E-state index contributed by atoms with van der Waals surface area (Å²) in [5.74, 6) is 0.493. The maximum atomic E-state index is 11.1. The van der Waals surface area contributed by atoms with Crippen LogP contribution in [0.5, 0.6) is 0 Å². The molecule has 0 saturated carbocycles. The molecule has 7 nitrogen and oxygen atoms in total. The summed E-state index contributed by atoms with van der Waals surface area (Å²) in [6.07, 6.45) is 1.19. The average molecular weight is 276 g/mol. The Labute approximate surface area is 107 Å². The maximum absolute atomic E-state index is 11.1. The second-order valence-electron chi connectivity index (χ2n) is 4.67. The molecule has 0 aromatic carbocycles. The molecule has 0 aliphatic carbocycles. The first-order valence-corrected chi connectivity index (χ1v) is 7.82. The lowest BCUT2D eigenvalue weighted by atomic mass is 10.4. The Morgan fingerprint density at radius 3 is 2.50 bits per heavy atom. The minimum atomic E-state index is -3.02. The maximum Gasteiger partial charge on any atom is 0.315 e. The molecule has 2 N–H and O–H groups in total. The van der Waals surface area contributed by atoms with Crippen LogP contribution in [0.4, 0.5) is 6.01 Å². The third-order valence-corrected chi connectivity index (χ3v) is 3.16. The van der Waals surface area contributed by atoms with Gasteiger partial charge in [-0.15, -0.1) is 5.10 Å². The Hall–Kier alpha value is -1.15. The van der Waals surface area contributed by atoms with Gasteiger partial charge in [-0.1, -0.05) is 18.9 Å². The van der Waals surface area contributed by atoms with Crippen LogP contribution in [0.2, 0.25) is 0 Å². The molecule has 0 radical (unpaired) electrons. The topological polar surface area (TPSA) is 97.1 Å². The summed E-state index contributed by atoms with van der Waals surface area (Å²) in [5.41, 5.74) is 0. The number of sulfone groups is 1. The Morgan fingerprint density at radius 2 is 1.94 bits per heavy atom. The van der Waals surface area contributed by atoms with Gasteiger partial charge in [-0.25, -0.2) is 8.42 Å². The summed E-state index contributed by atoms with van der Waals surface area (Å²) in [7, 11) is -3.02. The Balaban J connectivity index is 2.48. The van der Waals surface area contributed by atoms with Crippen molar-refractivity contribution in [2.75, 3.05) is 17.3 Å². The van der Waals surface area contributed by atoms with Gasteiger partial charge in [0, 0.05) is 18.3 Å². The highest BCUT2D eigenvalue weighted by molar-refractivity contribution is 7.90. The van der Waals surface area contributed by atoms with Crippen molar-refractivity contribution in [3.05, 3.63) is 5.89 Å². The number of nitrogens with zero attached hydrogens (tertiary/aromatic N) is 2. The molecule has 0 spiro atoms. The highest BCUT2D eigenvalue weighted by Gasteiger charge is 2.13. The SMILES string of the molecule is CC(C)NCc1nnc(NC(C)CS(C)(=O)=O)o1. The van der Waals surface area contributed by atoms with E-state index in [9.17, 15) is 8.42 Å². The lowest BCUT2D eigenvalue weighted by Gasteiger charge is -2.09. The van der Waals surface area contributed by atoms with Crippen LogP contribution in [0.15, 0.2) is 4.42 Å². The highest BCUT2D eigenvalue weighted by Crippen LogP contribution is 2.07. The van der Waals surface area contributed by atoms with Crippen LogP contribution in [-0.4, -0.2) is 42.7 Å². The van der Waals surface area contributed by atoms with Gasteiger partial charge in [-0.2, -0.15) is 0 Å². The molecular weight excluding hydrogens is 256 g/mol. The standard InChI is InChI=1S/C10H20N4O3S/c1-7(2)11-5-9-13-14-10(17-9)12-8(3)6-18(4,15)16/h7-8,11H,5-6H2,1-4H3,(H,12,14). The van der Waals surface area contributed by atoms with Crippen molar-refractivity contribution in [3.8, 4) is 0 Å². The van der Waals surface area contributed by atoms with Crippen LogP contribution < -0.4 is 10.6 Å². The number of nitrogens with one attached hydrogen (secondary N) is 2. The van der Waals surface area contributed by atoms with Crippen LogP contribution >= 0.6 is 0 Å². The van der Waals surface area contributed by atoms with E-state index < -0.39 is 9.84 Å². The third-order valence-electron chi connectivity index (χ3n) is 2.05. The van der Waals surface area contributed by atoms with Gasteiger partial charge >= 0.3 is 6.01 Å². The predicted octanol–water partition coefficient (Wildman–Crippen LogP) is 0.413. The van der Waals surface area contributed by atoms with E-state index in [1.165, 1.54) is 6.26 Å². The van der Waals surface area contributed by atoms with Gasteiger partial charge in [0.2, 0.25) is 5.89 Å². The van der Waals surface area contributed by atoms with E-state index in [2.05, 4.69) is 20.8 Å². The van der Waals surface area contributed by atoms with E-state index in [4.69, 9.17) is 4.42 Å². The van der Waals surface area contributed by atoms with Gasteiger partial charge in [0.25, 0.3) is 0 Å². The molecule has 8 heteroatoms. The van der Waals surface area contributed by atoms with Crippen molar-refractivity contribution in [2.24, 2.45) is 0 Å². The van der Waals surface area contributed by atoms with Crippen molar-refractivity contribution in [1.82, 2.24) is 15.5 Å². The van der Waals surface area contributed by atoms with E-state index in [1.807, 2.05) is 13.8 Å². The van der Waals surface area contributed by atoms with Gasteiger partial charge < -0.3 is 15.1 Å². The van der Waals surface area contributed by atoms with Crippen LogP contribution in [0, 0.1) is 0 Å². The second kappa shape index (κ2) is 6.14. The van der Waals surface area contributed by atoms with Crippen LogP contribution in [0.25, 0.3) is 0 Å². The lowest BCUT2D eigenvalue weighted by molar-refractivity contribution is 0.457. The summed E-state index contributed by atoms with van der Waals surface area (Å²) >= 11 is 0. The monoisotopic (exact) mass is 276 g/mol. The second-order valence-corrected chi connectivity index (χ2v) is 6.86. The summed E-state index contributed by atoms with van der Waals surface area (Å²) < 4.78 is 27.5. The van der Waals surface area contributed by atoms with Crippen molar-refractivity contribution in [3.63, 3.8) is 0 Å². The van der Waals surface area contributed by atoms with Crippen LogP contribution in [0.3, 0.4) is 0 Å². The summed E-state index contributed by atoms with van der Waals surface area (Å²) in [6.45, 7) is 6.28. The molecule has 18 heavy (non-hydrogen) atoms. The van der Waals surface area contributed by atoms with E-state index in [0.29, 0.717) is 18.5 Å². The van der Waals surface area contributed by atoms with Gasteiger partial charge in [0.15, 0.2) is 0 Å². The van der Waals surface area contributed by atoms with E-state index in [0.717, 1.165) is 0 Å². The first-order chi connectivity index (χ1) is 8.26.